The van der Waals surface area contributed by atoms with Gasteiger partial charge < -0.3 is 14.9 Å². The van der Waals surface area contributed by atoms with Crippen molar-refractivity contribution in [2.75, 3.05) is 0 Å². The lowest BCUT2D eigenvalue weighted by atomic mass is 9.93. The standard InChI is InChI=1S/C14H22N2O4/c1-8(2)6-10(13(18)19)15-12(17)9-7-11(20-16-9)14(3,4)5/h7-8,10H,6H2,1-5H3,(H,15,17)(H,18,19)/t10-/m1/s1. The summed E-state index contributed by atoms with van der Waals surface area (Å²) in [6.45, 7) is 9.61. The molecular formula is C14H22N2O4. The molecule has 1 atom stereocenters. The van der Waals surface area contributed by atoms with E-state index in [0.717, 1.165) is 0 Å². The fraction of sp³-hybridized carbons (Fsp3) is 0.643. The molecule has 1 aromatic heterocycles. The number of carbonyl (C=O) groups excluding carboxylic acids is 1. The third kappa shape index (κ3) is 4.36. The number of rotatable bonds is 5. The Kier molecular flexibility index (Phi) is 4.92. The van der Waals surface area contributed by atoms with Crippen molar-refractivity contribution in [2.45, 2.75) is 52.5 Å². The molecule has 2 N–H and O–H groups in total. The van der Waals surface area contributed by atoms with E-state index < -0.39 is 17.9 Å². The molecule has 112 valence electrons. The first-order valence-electron chi connectivity index (χ1n) is 6.62. The van der Waals surface area contributed by atoms with Gasteiger partial charge in [-0.2, -0.15) is 0 Å². The van der Waals surface area contributed by atoms with Crippen molar-refractivity contribution >= 4 is 11.9 Å². The highest BCUT2D eigenvalue weighted by Crippen LogP contribution is 2.22. The van der Waals surface area contributed by atoms with E-state index in [1.807, 2.05) is 34.6 Å². The molecule has 6 heteroatoms. The number of nitrogens with one attached hydrogen (secondary N) is 1. The van der Waals surface area contributed by atoms with E-state index in [1.165, 1.54) is 0 Å². The first-order valence-corrected chi connectivity index (χ1v) is 6.62. The molecular weight excluding hydrogens is 260 g/mol. The molecule has 1 aromatic rings. The zero-order chi connectivity index (χ0) is 15.5. The summed E-state index contributed by atoms with van der Waals surface area (Å²) in [4.78, 5) is 23.1. The van der Waals surface area contributed by atoms with Gasteiger partial charge in [0.1, 0.15) is 11.8 Å². The summed E-state index contributed by atoms with van der Waals surface area (Å²) in [6, 6.07) is 0.626. The summed E-state index contributed by atoms with van der Waals surface area (Å²) in [5.41, 5.74) is -0.153. The molecule has 0 aliphatic rings. The molecule has 6 nitrogen and oxygen atoms in total. The predicted octanol–water partition coefficient (Wildman–Crippen LogP) is 2.20. The molecule has 1 rings (SSSR count). The summed E-state index contributed by atoms with van der Waals surface area (Å²) < 4.78 is 5.12. The Balaban J connectivity index is 2.79. The number of carboxylic acid groups (broad SMARTS) is 1. The number of nitrogens with zero attached hydrogens (tertiary/aromatic N) is 1. The Hall–Kier alpha value is -1.85. The average molecular weight is 282 g/mol. The van der Waals surface area contributed by atoms with Gasteiger partial charge in [0.05, 0.1) is 0 Å². The molecule has 0 bridgehead atoms. The minimum Gasteiger partial charge on any atom is -0.480 e. The van der Waals surface area contributed by atoms with Crippen molar-refractivity contribution in [3.63, 3.8) is 0 Å². The third-order valence-electron chi connectivity index (χ3n) is 2.79. The number of hydrogen-bond acceptors (Lipinski definition) is 4. The van der Waals surface area contributed by atoms with Crippen molar-refractivity contribution in [1.29, 1.82) is 0 Å². The highest BCUT2D eigenvalue weighted by Gasteiger charge is 2.25. The van der Waals surface area contributed by atoms with Crippen LogP contribution in [0.25, 0.3) is 0 Å². The van der Waals surface area contributed by atoms with Crippen LogP contribution in [0.4, 0.5) is 0 Å². The summed E-state index contributed by atoms with van der Waals surface area (Å²) in [6.07, 6.45) is 0.366. The first kappa shape index (κ1) is 16.2. The minimum atomic E-state index is -1.05. The van der Waals surface area contributed by atoms with Crippen LogP contribution in [-0.2, 0) is 10.2 Å². The summed E-state index contributed by atoms with van der Waals surface area (Å²) >= 11 is 0. The quantitative estimate of drug-likeness (QED) is 0.863. The van der Waals surface area contributed by atoms with Crippen LogP contribution in [0, 0.1) is 5.92 Å². The van der Waals surface area contributed by atoms with E-state index in [4.69, 9.17) is 9.63 Å². The van der Waals surface area contributed by atoms with Crippen LogP contribution in [-0.4, -0.2) is 28.2 Å². The van der Waals surface area contributed by atoms with Crippen LogP contribution in [0.5, 0.6) is 0 Å². The molecule has 0 aromatic carbocycles. The Morgan fingerprint density at radius 2 is 2.00 bits per heavy atom. The predicted molar refractivity (Wildman–Crippen MR) is 73.5 cm³/mol. The maximum atomic E-state index is 12.0. The van der Waals surface area contributed by atoms with Gasteiger partial charge in [0.15, 0.2) is 5.69 Å². The van der Waals surface area contributed by atoms with Crippen LogP contribution in [0.2, 0.25) is 0 Å². The number of hydrogen-bond donors (Lipinski definition) is 2. The Morgan fingerprint density at radius 3 is 2.40 bits per heavy atom. The van der Waals surface area contributed by atoms with Gasteiger partial charge in [0.25, 0.3) is 5.91 Å². The van der Waals surface area contributed by atoms with Crippen molar-refractivity contribution in [2.24, 2.45) is 5.92 Å². The maximum Gasteiger partial charge on any atom is 0.326 e. The van der Waals surface area contributed by atoms with E-state index >= 15 is 0 Å². The second-order valence-corrected chi connectivity index (χ2v) is 6.32. The Labute approximate surface area is 118 Å². The molecule has 0 spiro atoms. The highest BCUT2D eigenvalue weighted by atomic mass is 16.5. The van der Waals surface area contributed by atoms with E-state index in [1.54, 1.807) is 6.07 Å². The molecule has 0 saturated carbocycles. The number of aliphatic carboxylic acids is 1. The summed E-state index contributed by atoms with van der Waals surface area (Å²) in [7, 11) is 0. The van der Waals surface area contributed by atoms with Crippen LogP contribution in [0.1, 0.15) is 57.3 Å². The first-order chi connectivity index (χ1) is 9.11. The van der Waals surface area contributed by atoms with Gasteiger partial charge in [-0.05, 0) is 12.3 Å². The number of carboxylic acids is 1. The topological polar surface area (TPSA) is 92.4 Å². The van der Waals surface area contributed by atoms with Crippen LogP contribution in [0.15, 0.2) is 10.6 Å². The fourth-order valence-electron chi connectivity index (χ4n) is 1.66. The summed E-state index contributed by atoms with van der Waals surface area (Å²) in [5.74, 6) is -0.832. The number of aromatic nitrogens is 1. The van der Waals surface area contributed by atoms with Crippen molar-refractivity contribution in [1.82, 2.24) is 10.5 Å². The molecule has 1 amide bonds. The lowest BCUT2D eigenvalue weighted by molar-refractivity contribution is -0.139. The van der Waals surface area contributed by atoms with Gasteiger partial charge in [-0.25, -0.2) is 4.79 Å². The van der Waals surface area contributed by atoms with Crippen molar-refractivity contribution in [3.8, 4) is 0 Å². The van der Waals surface area contributed by atoms with Gasteiger partial charge >= 0.3 is 5.97 Å². The van der Waals surface area contributed by atoms with Gasteiger partial charge in [-0.15, -0.1) is 0 Å². The molecule has 0 aliphatic heterocycles. The second-order valence-electron chi connectivity index (χ2n) is 6.32. The number of carbonyl (C=O) groups is 2. The Morgan fingerprint density at radius 1 is 1.40 bits per heavy atom. The highest BCUT2D eigenvalue weighted by molar-refractivity contribution is 5.94. The second kappa shape index (κ2) is 6.07. The minimum absolute atomic E-state index is 0.102. The smallest absolute Gasteiger partial charge is 0.326 e. The molecule has 0 radical (unpaired) electrons. The van der Waals surface area contributed by atoms with Crippen molar-refractivity contribution in [3.05, 3.63) is 17.5 Å². The molecule has 0 saturated heterocycles. The van der Waals surface area contributed by atoms with Gasteiger partial charge in [-0.1, -0.05) is 39.8 Å². The molecule has 20 heavy (non-hydrogen) atoms. The zero-order valence-electron chi connectivity index (χ0n) is 12.6. The molecule has 1 heterocycles. The SMILES string of the molecule is CC(C)C[C@@H](NC(=O)c1cc(C(C)(C)C)on1)C(=O)O. The lowest BCUT2D eigenvalue weighted by Crippen LogP contribution is -2.41. The van der Waals surface area contributed by atoms with E-state index in [-0.39, 0.29) is 17.0 Å². The summed E-state index contributed by atoms with van der Waals surface area (Å²) in [5, 5.41) is 15.3. The van der Waals surface area contributed by atoms with E-state index in [9.17, 15) is 9.59 Å². The molecule has 0 fully saturated rings. The van der Waals surface area contributed by atoms with Crippen LogP contribution in [0.3, 0.4) is 0 Å². The fourth-order valence-corrected chi connectivity index (χ4v) is 1.66. The van der Waals surface area contributed by atoms with Crippen LogP contribution < -0.4 is 5.32 Å². The van der Waals surface area contributed by atoms with Gasteiger partial charge in [-0.3, -0.25) is 4.79 Å². The average Bonchev–Trinajstić information content (AvgIpc) is 2.75. The van der Waals surface area contributed by atoms with Crippen molar-refractivity contribution < 1.29 is 19.2 Å². The van der Waals surface area contributed by atoms with E-state index in [2.05, 4.69) is 10.5 Å². The lowest BCUT2D eigenvalue weighted by Gasteiger charge is -2.15. The number of amides is 1. The molecule has 0 unspecified atom stereocenters. The Bertz CT molecular complexity index is 486. The zero-order valence-corrected chi connectivity index (χ0v) is 12.6. The van der Waals surface area contributed by atoms with Crippen LogP contribution >= 0.6 is 0 Å². The van der Waals surface area contributed by atoms with E-state index in [0.29, 0.717) is 12.2 Å². The molecule has 0 aliphatic carbocycles. The maximum absolute atomic E-state index is 12.0. The monoisotopic (exact) mass is 282 g/mol. The largest absolute Gasteiger partial charge is 0.480 e. The normalized spacial score (nSPS) is 13.3. The van der Waals surface area contributed by atoms with Gasteiger partial charge in [0, 0.05) is 11.5 Å². The van der Waals surface area contributed by atoms with Gasteiger partial charge in [0.2, 0.25) is 0 Å². The third-order valence-corrected chi connectivity index (χ3v) is 2.79.